The van der Waals surface area contributed by atoms with E-state index in [1.54, 1.807) is 25.9 Å². The minimum Gasteiger partial charge on any atom is -0.391 e. The van der Waals surface area contributed by atoms with Crippen LogP contribution < -0.4 is 27.0 Å². The van der Waals surface area contributed by atoms with E-state index in [0.29, 0.717) is 64.8 Å². The molecule has 11 saturated heterocycles. The van der Waals surface area contributed by atoms with Crippen LogP contribution in [0, 0.1) is 17.8 Å². The molecule has 26 nitrogen and oxygen atoms in total. The normalized spacial score (nSPS) is 37.5. The van der Waals surface area contributed by atoms with Crippen LogP contribution >= 0.6 is 0 Å². The van der Waals surface area contributed by atoms with Gasteiger partial charge >= 0.3 is 6.03 Å². The number of hydrogen-bond donors (Lipinski definition) is 6. The van der Waals surface area contributed by atoms with Gasteiger partial charge in [0.05, 0.1) is 67.1 Å². The first-order valence-electron chi connectivity index (χ1n) is 33.4. The lowest BCUT2D eigenvalue weighted by atomic mass is 9.81. The predicted molar refractivity (Wildman–Crippen MR) is 324 cm³/mol. The number of primary amides is 1. The average molecular weight is 1280 g/mol. The van der Waals surface area contributed by atoms with E-state index in [-0.39, 0.29) is 137 Å². The molecule has 12 aliphatic heterocycles. The Morgan fingerprint density at radius 2 is 1.46 bits per heavy atom. The van der Waals surface area contributed by atoms with E-state index >= 15 is 0 Å². The van der Waals surface area contributed by atoms with E-state index in [1.165, 1.54) is 12.2 Å². The zero-order chi connectivity index (χ0) is 64.4. The second-order valence-corrected chi connectivity index (χ2v) is 27.6. The monoisotopic (exact) mass is 1280 g/mol. The second kappa shape index (κ2) is 29.2. The molecule has 26 heteroatoms. The van der Waals surface area contributed by atoms with Crippen LogP contribution in [0.3, 0.4) is 0 Å². The van der Waals surface area contributed by atoms with E-state index in [9.17, 15) is 43.5 Å². The number of piperazine rings is 1. The Kier molecular flexibility index (Phi) is 21.5. The molecule has 0 aromatic rings. The molecule has 12 heterocycles. The molecule has 0 aromatic heterocycles. The molecule has 21 atom stereocenters. The van der Waals surface area contributed by atoms with Crippen LogP contribution in [0.4, 0.5) is 4.79 Å². The van der Waals surface area contributed by atoms with Gasteiger partial charge in [0.1, 0.15) is 48.4 Å². The van der Waals surface area contributed by atoms with Gasteiger partial charge in [-0.3, -0.25) is 43.4 Å². The van der Waals surface area contributed by atoms with Crippen LogP contribution in [0.25, 0.3) is 0 Å². The maximum atomic E-state index is 14.6. The fraction of sp³-hybridized carbons (Fsp3) is 0.785. The van der Waals surface area contributed by atoms with Crippen molar-refractivity contribution < 1.29 is 86.1 Å². The fourth-order valence-corrected chi connectivity index (χ4v) is 15.9. The molecular weight excluding hydrogens is 1180 g/mol. The number of aliphatic hydroxyl groups is 1. The Labute approximate surface area is 532 Å². The predicted octanol–water partition coefficient (Wildman–Crippen LogP) is 1.52. The van der Waals surface area contributed by atoms with Gasteiger partial charge in [-0.1, -0.05) is 33.9 Å². The highest BCUT2D eigenvalue weighted by molar-refractivity contribution is 6.13. The number of carbonyl (C=O) groups is 8. The quantitative estimate of drug-likeness (QED) is 0.0572. The number of methoxy groups -OCH3 is 1. The third-order valence-electron chi connectivity index (χ3n) is 20.9. The highest BCUT2D eigenvalue weighted by atomic mass is 16.8. The first kappa shape index (κ1) is 67.2. The van der Waals surface area contributed by atoms with Crippen molar-refractivity contribution in [2.24, 2.45) is 23.5 Å². The van der Waals surface area contributed by atoms with Crippen molar-refractivity contribution in [2.75, 3.05) is 59.5 Å². The maximum Gasteiger partial charge on any atom is 0.312 e. The molecule has 12 aliphatic rings. The van der Waals surface area contributed by atoms with Crippen molar-refractivity contribution in [3.05, 3.63) is 36.5 Å². The molecule has 0 aliphatic carbocycles. The molecule has 7 N–H and O–H groups in total. The Morgan fingerprint density at radius 3 is 2.21 bits per heavy atom. The number of fused-ring (bicyclic) bond motifs is 6. The first-order chi connectivity index (χ1) is 43.6. The van der Waals surface area contributed by atoms with Crippen molar-refractivity contribution in [3.8, 4) is 0 Å². The summed E-state index contributed by atoms with van der Waals surface area (Å²) in [5, 5.41) is 22.8. The van der Waals surface area contributed by atoms with Gasteiger partial charge in [0.15, 0.2) is 5.79 Å². The molecule has 0 aromatic carbocycles. The highest BCUT2D eigenvalue weighted by Crippen LogP contribution is 2.54. The van der Waals surface area contributed by atoms with Crippen LogP contribution in [-0.4, -0.2) is 242 Å². The number of nitrogens with two attached hydrogens (primary N) is 1. The molecule has 0 saturated carbocycles. The number of imide groups is 1. The number of aliphatic hydroxyl groups excluding tert-OH is 1. The molecule has 12 bridgehead atoms. The Balaban J connectivity index is 0.715. The number of Topliss-reactive ketones (excluding diaryl/α,β-unsaturated/α-hetero) is 1. The van der Waals surface area contributed by atoms with Gasteiger partial charge in [-0.25, -0.2) is 4.79 Å². The minimum atomic E-state index is -1.17. The molecule has 8 amide bonds. The maximum absolute atomic E-state index is 14.6. The van der Waals surface area contributed by atoms with E-state index in [2.05, 4.69) is 41.3 Å². The number of carbonyl (C=O) groups excluding carboxylic acids is 8. The largest absolute Gasteiger partial charge is 0.391 e. The van der Waals surface area contributed by atoms with E-state index in [4.69, 9.17) is 48.4 Å². The summed E-state index contributed by atoms with van der Waals surface area (Å²) in [4.78, 5) is 109. The molecule has 0 radical (unpaired) electrons. The summed E-state index contributed by atoms with van der Waals surface area (Å²) in [6.07, 6.45) is 3.46. The Bertz CT molecular complexity index is 2740. The van der Waals surface area contributed by atoms with Gasteiger partial charge in [-0.2, -0.15) is 0 Å². The van der Waals surface area contributed by atoms with Gasteiger partial charge in [0, 0.05) is 129 Å². The number of urea groups is 1. The van der Waals surface area contributed by atoms with Gasteiger partial charge in [-0.15, -0.1) is 0 Å². The lowest BCUT2D eigenvalue weighted by Crippen LogP contribution is -2.61. The molecule has 2 unspecified atom stereocenters. The van der Waals surface area contributed by atoms with Crippen molar-refractivity contribution in [3.63, 3.8) is 0 Å². The number of nitrogens with one attached hydrogen (secondary N) is 4. The highest BCUT2D eigenvalue weighted by Gasteiger charge is 2.69. The van der Waals surface area contributed by atoms with Crippen LogP contribution in [0.5, 0.6) is 0 Å². The standard InChI is InChI=1S/C65H96N8O18/c1-34(2)55(70-51(76)16-20-71-22-24-72(25-23-71)52(77)17-21-73-53(78)13-14-54(73)79)63(81)69-44(8-7-19-67-64(66)82)62(80)68-33-39(75)30-49-56(83-6)43-29-38(74)28-41-10-12-46-57(86-41)61-60-59(88-46)58-50(89-60)32-65(90-58,91-61)18-15-42-27-36(4)45(84-42)11-9-40-26-35(3)37(5)47(85-40)31-48(43)87-49/h13-14,34-35,39-50,55-61,75H,4-5,7-12,15-33H2,1-3,6H3,(H,68,80)(H,69,81)(H,70,76)(H3,66,67,82)/t35-,39+,40+,41-,42+,43+,44+,45+,46+,47-,48+,49-,50-,55+,56-,57+,58+,59?,60?,61+,65+/m1/s1. The summed E-state index contributed by atoms with van der Waals surface area (Å²) < 4.78 is 61.0. The topological polar surface area (TPSA) is 324 Å². The van der Waals surface area contributed by atoms with Crippen molar-refractivity contribution >= 4 is 47.3 Å². The fourth-order valence-electron chi connectivity index (χ4n) is 15.9. The zero-order valence-corrected chi connectivity index (χ0v) is 53.2. The average Bonchev–Trinajstić information content (AvgIpc) is 1.59. The van der Waals surface area contributed by atoms with Crippen LogP contribution in [0.15, 0.2) is 36.5 Å². The summed E-state index contributed by atoms with van der Waals surface area (Å²) in [5.74, 6) is -4.25. The summed E-state index contributed by atoms with van der Waals surface area (Å²) in [5.41, 5.74) is 7.34. The lowest BCUT2D eigenvalue weighted by molar-refractivity contribution is -0.292. The number of ketones is 1. The van der Waals surface area contributed by atoms with Crippen molar-refractivity contribution in [1.29, 1.82) is 0 Å². The molecular formula is C65H96N8O18. The van der Waals surface area contributed by atoms with Gasteiger partial charge in [0.2, 0.25) is 23.6 Å². The van der Waals surface area contributed by atoms with E-state index in [0.717, 1.165) is 48.2 Å². The third kappa shape index (κ3) is 15.6. The summed E-state index contributed by atoms with van der Waals surface area (Å²) >= 11 is 0. The molecule has 11 fully saturated rings. The molecule has 1 spiro atoms. The van der Waals surface area contributed by atoms with Crippen LogP contribution in [-0.2, 0) is 76.2 Å². The van der Waals surface area contributed by atoms with Gasteiger partial charge < -0.3 is 79.6 Å². The zero-order valence-electron chi connectivity index (χ0n) is 53.2. The van der Waals surface area contributed by atoms with Crippen LogP contribution in [0.2, 0.25) is 0 Å². The van der Waals surface area contributed by atoms with E-state index in [1.807, 2.05) is 4.90 Å². The summed E-state index contributed by atoms with van der Waals surface area (Å²) in [6, 6.07) is -2.93. The first-order valence-corrected chi connectivity index (χ1v) is 33.4. The molecule has 504 valence electrons. The van der Waals surface area contributed by atoms with Gasteiger partial charge in [0.25, 0.3) is 11.8 Å². The van der Waals surface area contributed by atoms with Crippen LogP contribution in [0.1, 0.15) is 130 Å². The summed E-state index contributed by atoms with van der Waals surface area (Å²) in [6.45, 7) is 16.7. The summed E-state index contributed by atoms with van der Waals surface area (Å²) in [7, 11) is 1.57. The van der Waals surface area contributed by atoms with Gasteiger partial charge in [-0.05, 0) is 80.8 Å². The second-order valence-electron chi connectivity index (χ2n) is 27.6. The smallest absolute Gasteiger partial charge is 0.312 e. The van der Waals surface area contributed by atoms with E-state index < -0.39 is 108 Å². The number of hydrogen-bond acceptors (Lipinski definition) is 19. The number of rotatable bonds is 20. The Morgan fingerprint density at radius 1 is 0.747 bits per heavy atom. The molecule has 91 heavy (non-hydrogen) atoms. The number of amides is 8. The SMILES string of the molecule is C=C1C[C@@H]2CC[C@@]34C[C@H]5OC6C(O[C@H]7CC[C@H](CC(=O)C[C@@H]8[C@@H](OC)[C@@H](C[C@H](O)CNC(=O)[C@H](CCCNC(N)=O)NC(=O)[C@@H](NC(=O)CCN9CCN(C(=O)CCN%10C(=O)C=CC%10=O)CC9)C(C)C)O[C@H]8C[C@H]8O[C@@H](CC[C@@H]1O2)C[C@@H](C)C8=C)O[C@@H]7[C@@H]6O3)[C@H]5O4. The third-order valence-corrected chi connectivity index (χ3v) is 20.9. The minimum absolute atomic E-state index is 0.00403. The van der Waals surface area contributed by atoms with Crippen molar-refractivity contribution in [2.45, 2.75) is 245 Å². The number of ether oxygens (including phenoxy) is 9. The number of nitrogens with zero attached hydrogens (tertiary/aromatic N) is 3. The molecule has 12 rings (SSSR count). The Hall–Kier alpha value is -5.26. The van der Waals surface area contributed by atoms with Crippen molar-refractivity contribution in [1.82, 2.24) is 36.0 Å². The lowest BCUT2D eigenvalue weighted by Gasteiger charge is -2.47.